The van der Waals surface area contributed by atoms with Crippen molar-refractivity contribution in [1.29, 1.82) is 0 Å². The number of carbonyl (C=O) groups is 2. The number of nitrogens with zero attached hydrogens (tertiary/aromatic N) is 1. The highest BCUT2D eigenvalue weighted by molar-refractivity contribution is 7.89. The lowest BCUT2D eigenvalue weighted by atomic mass is 9.95. The summed E-state index contributed by atoms with van der Waals surface area (Å²) in [5.74, 6) is -0.672. The van der Waals surface area contributed by atoms with Crippen LogP contribution < -0.4 is 10.6 Å². The lowest BCUT2D eigenvalue weighted by molar-refractivity contribution is -0.125. The van der Waals surface area contributed by atoms with Crippen molar-refractivity contribution in [1.82, 2.24) is 14.9 Å². The molecular weight excluding hydrogens is 494 g/mol. The summed E-state index contributed by atoms with van der Waals surface area (Å²) in [5, 5.41) is 27.0. The number of aliphatic hydroxyl groups is 2. The van der Waals surface area contributed by atoms with E-state index in [1.165, 1.54) is 28.6 Å². The third-order valence-corrected chi connectivity index (χ3v) is 8.26. The van der Waals surface area contributed by atoms with Gasteiger partial charge in [0.2, 0.25) is 15.9 Å². The van der Waals surface area contributed by atoms with Gasteiger partial charge in [-0.1, -0.05) is 44.2 Å². The average Bonchev–Trinajstić information content (AvgIpc) is 3.43. The number of rotatable bonds is 12. The summed E-state index contributed by atoms with van der Waals surface area (Å²) in [6, 6.07) is 14.0. The Balaban J connectivity index is 1.72. The Morgan fingerprint density at radius 3 is 2.19 bits per heavy atom. The molecule has 3 atom stereocenters. The highest BCUT2D eigenvalue weighted by Crippen LogP contribution is 2.21. The van der Waals surface area contributed by atoms with Gasteiger partial charge in [-0.2, -0.15) is 4.31 Å². The Morgan fingerprint density at radius 1 is 0.973 bits per heavy atom. The summed E-state index contributed by atoms with van der Waals surface area (Å²) in [6.45, 7) is 5.33. The van der Waals surface area contributed by atoms with Gasteiger partial charge in [-0.3, -0.25) is 9.59 Å². The predicted molar refractivity (Wildman–Crippen MR) is 140 cm³/mol. The fraction of sp³-hybridized carbons (Fsp3) is 0.481. The third-order valence-electron chi connectivity index (χ3n) is 6.34. The van der Waals surface area contributed by atoms with E-state index in [1.54, 1.807) is 0 Å². The molecule has 2 aromatic rings. The number of aliphatic hydroxyl groups excluding tert-OH is 2. The van der Waals surface area contributed by atoms with Gasteiger partial charge in [-0.05, 0) is 55.0 Å². The SMILES string of the molecule is CC(C)CNC(=O)C[C@@H](O)[C@H](O)[C@H](Cc1ccccc1)NC(=O)c1ccc(S(=O)(=O)N2CCCC2)cc1. The molecule has 2 amide bonds. The van der Waals surface area contributed by atoms with Gasteiger partial charge < -0.3 is 20.8 Å². The zero-order valence-corrected chi connectivity index (χ0v) is 22.2. The van der Waals surface area contributed by atoms with E-state index in [0.717, 1.165) is 18.4 Å². The molecule has 0 aliphatic carbocycles. The maximum absolute atomic E-state index is 13.0. The van der Waals surface area contributed by atoms with Gasteiger partial charge in [-0.25, -0.2) is 8.42 Å². The van der Waals surface area contributed by atoms with Gasteiger partial charge in [0.25, 0.3) is 5.91 Å². The largest absolute Gasteiger partial charge is 0.390 e. The van der Waals surface area contributed by atoms with E-state index in [4.69, 9.17) is 0 Å². The van der Waals surface area contributed by atoms with Gasteiger partial charge in [0.1, 0.15) is 6.10 Å². The van der Waals surface area contributed by atoms with E-state index in [2.05, 4.69) is 10.6 Å². The number of sulfonamides is 1. The number of carbonyl (C=O) groups excluding carboxylic acids is 2. The fourth-order valence-electron chi connectivity index (χ4n) is 4.20. The summed E-state index contributed by atoms with van der Waals surface area (Å²) in [5.41, 5.74) is 1.05. The molecule has 9 nitrogen and oxygen atoms in total. The van der Waals surface area contributed by atoms with Crippen LogP contribution >= 0.6 is 0 Å². The second kappa shape index (κ2) is 13.1. The number of hydrogen-bond donors (Lipinski definition) is 4. The van der Waals surface area contributed by atoms with Crippen LogP contribution in [0, 0.1) is 5.92 Å². The van der Waals surface area contributed by atoms with Crippen molar-refractivity contribution in [2.24, 2.45) is 5.92 Å². The van der Waals surface area contributed by atoms with E-state index in [9.17, 15) is 28.2 Å². The first-order chi connectivity index (χ1) is 17.6. The lowest BCUT2D eigenvalue weighted by Gasteiger charge is -2.28. The average molecular weight is 532 g/mol. The van der Waals surface area contributed by atoms with E-state index in [0.29, 0.717) is 19.6 Å². The molecule has 202 valence electrons. The Bertz CT molecular complexity index is 1130. The first-order valence-corrected chi connectivity index (χ1v) is 14.1. The molecule has 0 aromatic heterocycles. The fourth-order valence-corrected chi connectivity index (χ4v) is 5.72. The third kappa shape index (κ3) is 8.10. The maximum Gasteiger partial charge on any atom is 0.251 e. The molecule has 1 saturated heterocycles. The minimum absolute atomic E-state index is 0.120. The van der Waals surface area contributed by atoms with E-state index < -0.39 is 34.2 Å². The normalized spacial score (nSPS) is 16.8. The van der Waals surface area contributed by atoms with Crippen LogP contribution in [-0.2, 0) is 21.2 Å². The lowest BCUT2D eigenvalue weighted by Crippen LogP contribution is -2.50. The molecule has 1 aliphatic heterocycles. The summed E-state index contributed by atoms with van der Waals surface area (Å²) in [6.07, 6.45) is -1.23. The van der Waals surface area contributed by atoms with Crippen molar-refractivity contribution in [2.75, 3.05) is 19.6 Å². The topological polar surface area (TPSA) is 136 Å². The molecule has 4 N–H and O–H groups in total. The molecule has 37 heavy (non-hydrogen) atoms. The van der Waals surface area contributed by atoms with Crippen molar-refractivity contribution >= 4 is 21.8 Å². The van der Waals surface area contributed by atoms with E-state index in [-0.39, 0.29) is 35.1 Å². The summed E-state index contributed by atoms with van der Waals surface area (Å²) in [4.78, 5) is 25.3. The molecule has 3 rings (SSSR count). The molecule has 0 radical (unpaired) electrons. The Morgan fingerprint density at radius 2 is 1.59 bits per heavy atom. The van der Waals surface area contributed by atoms with Crippen molar-refractivity contribution < 1.29 is 28.2 Å². The Labute approximate surface area is 218 Å². The van der Waals surface area contributed by atoms with Crippen molar-refractivity contribution in [3.05, 3.63) is 65.7 Å². The zero-order valence-electron chi connectivity index (χ0n) is 21.3. The molecule has 2 aromatic carbocycles. The molecule has 0 bridgehead atoms. The minimum Gasteiger partial charge on any atom is -0.390 e. The van der Waals surface area contributed by atoms with Crippen LogP contribution in [0.5, 0.6) is 0 Å². The Kier molecular flexibility index (Phi) is 10.2. The van der Waals surface area contributed by atoms with Gasteiger partial charge in [0.15, 0.2) is 0 Å². The summed E-state index contributed by atoms with van der Waals surface area (Å²) >= 11 is 0. The summed E-state index contributed by atoms with van der Waals surface area (Å²) in [7, 11) is -3.60. The van der Waals surface area contributed by atoms with Crippen LogP contribution in [0.1, 0.15) is 49.0 Å². The first-order valence-electron chi connectivity index (χ1n) is 12.7. The van der Waals surface area contributed by atoms with Crippen LogP contribution in [0.2, 0.25) is 0 Å². The molecule has 1 aliphatic rings. The minimum atomic E-state index is -3.60. The quantitative estimate of drug-likeness (QED) is 0.329. The standard InChI is InChI=1S/C27H37N3O6S/c1-19(2)18-28-25(32)17-24(31)26(33)23(16-20-8-4-3-5-9-20)29-27(34)21-10-12-22(13-11-21)37(35,36)30-14-6-7-15-30/h3-5,8-13,19,23-24,26,31,33H,6-7,14-18H2,1-2H3,(H,28,32)(H,29,34)/t23-,24+,26+/m0/s1. The molecule has 10 heteroatoms. The maximum atomic E-state index is 13.0. The smallest absolute Gasteiger partial charge is 0.251 e. The number of benzene rings is 2. The van der Waals surface area contributed by atoms with Crippen LogP contribution in [0.4, 0.5) is 0 Å². The molecular formula is C27H37N3O6S. The number of hydrogen-bond acceptors (Lipinski definition) is 6. The van der Waals surface area contributed by atoms with Crippen LogP contribution in [0.25, 0.3) is 0 Å². The van der Waals surface area contributed by atoms with Crippen molar-refractivity contribution in [3.8, 4) is 0 Å². The van der Waals surface area contributed by atoms with E-state index in [1.807, 2.05) is 44.2 Å². The van der Waals surface area contributed by atoms with Crippen molar-refractivity contribution in [3.63, 3.8) is 0 Å². The number of amides is 2. The van der Waals surface area contributed by atoms with Gasteiger partial charge >= 0.3 is 0 Å². The van der Waals surface area contributed by atoms with Crippen LogP contribution in [0.3, 0.4) is 0 Å². The second-order valence-corrected chi connectivity index (χ2v) is 11.8. The first kappa shape index (κ1) is 28.8. The molecule has 0 unspecified atom stereocenters. The highest BCUT2D eigenvalue weighted by atomic mass is 32.2. The van der Waals surface area contributed by atoms with Crippen molar-refractivity contribution in [2.45, 2.75) is 62.7 Å². The van der Waals surface area contributed by atoms with Crippen LogP contribution in [0.15, 0.2) is 59.5 Å². The highest BCUT2D eigenvalue weighted by Gasteiger charge is 2.31. The van der Waals surface area contributed by atoms with Crippen LogP contribution in [-0.4, -0.2) is 72.6 Å². The van der Waals surface area contributed by atoms with Gasteiger partial charge in [0.05, 0.1) is 23.5 Å². The molecule has 0 spiro atoms. The van der Waals surface area contributed by atoms with Gasteiger partial charge in [-0.15, -0.1) is 0 Å². The monoisotopic (exact) mass is 531 g/mol. The van der Waals surface area contributed by atoms with E-state index >= 15 is 0 Å². The Hall–Kier alpha value is -2.79. The molecule has 0 saturated carbocycles. The predicted octanol–water partition coefficient (Wildman–Crippen LogP) is 1.70. The summed E-state index contributed by atoms with van der Waals surface area (Å²) < 4.78 is 27.0. The number of nitrogens with one attached hydrogen (secondary N) is 2. The molecule has 1 fully saturated rings. The zero-order chi connectivity index (χ0) is 27.0. The second-order valence-electron chi connectivity index (χ2n) is 9.87. The molecule has 1 heterocycles. The van der Waals surface area contributed by atoms with Gasteiger partial charge in [0, 0.05) is 25.2 Å².